The fraction of sp³-hybridized carbons (Fsp3) is 0.444. The largest absolute Gasteiger partial charge is 0.311 e. The number of fused-ring (bicyclic) bond motifs is 2. The van der Waals surface area contributed by atoms with Gasteiger partial charge in [-0.1, -0.05) is 31.2 Å². The molecule has 1 N–H and O–H groups in total. The molecule has 1 aromatic heterocycles. The van der Waals surface area contributed by atoms with Crippen LogP contribution in [0.1, 0.15) is 53.2 Å². The summed E-state index contributed by atoms with van der Waals surface area (Å²) in [7, 11) is 0. The molecule has 1 aliphatic carbocycles. The average molecular weight is 279 g/mol. The van der Waals surface area contributed by atoms with Gasteiger partial charge in [-0.15, -0.1) is 0 Å². The van der Waals surface area contributed by atoms with E-state index in [9.17, 15) is 0 Å². The molecular formula is C18H21N3. The van der Waals surface area contributed by atoms with E-state index in [-0.39, 0.29) is 0 Å². The zero-order chi connectivity index (χ0) is 14.2. The highest BCUT2D eigenvalue weighted by atomic mass is 15.0. The lowest BCUT2D eigenvalue weighted by atomic mass is 9.98. The molecule has 3 heteroatoms. The second kappa shape index (κ2) is 5.23. The Kier molecular flexibility index (Phi) is 3.23. The predicted octanol–water partition coefficient (Wildman–Crippen LogP) is 2.76. The van der Waals surface area contributed by atoms with E-state index in [0.29, 0.717) is 5.92 Å². The Balaban J connectivity index is 1.80. The first-order valence-corrected chi connectivity index (χ1v) is 8.04. The Labute approximate surface area is 125 Å². The third-order valence-electron chi connectivity index (χ3n) is 4.82. The van der Waals surface area contributed by atoms with Crippen LogP contribution in [0.15, 0.2) is 24.3 Å². The molecule has 1 atom stereocenters. The number of rotatable bonds is 2. The van der Waals surface area contributed by atoms with E-state index in [4.69, 9.17) is 9.97 Å². The molecule has 0 saturated heterocycles. The van der Waals surface area contributed by atoms with E-state index in [1.54, 1.807) is 0 Å². The molecule has 0 spiro atoms. The van der Waals surface area contributed by atoms with E-state index < -0.39 is 0 Å². The third-order valence-corrected chi connectivity index (χ3v) is 4.82. The van der Waals surface area contributed by atoms with Crippen LogP contribution in [0.3, 0.4) is 0 Å². The van der Waals surface area contributed by atoms with Crippen molar-refractivity contribution in [1.82, 2.24) is 15.3 Å². The molecule has 108 valence electrons. The van der Waals surface area contributed by atoms with Crippen LogP contribution in [0.2, 0.25) is 0 Å². The van der Waals surface area contributed by atoms with Gasteiger partial charge < -0.3 is 5.32 Å². The van der Waals surface area contributed by atoms with Crippen molar-refractivity contribution in [3.63, 3.8) is 0 Å². The van der Waals surface area contributed by atoms with Gasteiger partial charge in [0.25, 0.3) is 0 Å². The van der Waals surface area contributed by atoms with Crippen LogP contribution in [0.5, 0.6) is 0 Å². The molecule has 0 fully saturated rings. The highest BCUT2D eigenvalue weighted by Crippen LogP contribution is 2.37. The third kappa shape index (κ3) is 2.16. The molecule has 2 heterocycles. The molecule has 0 saturated carbocycles. The van der Waals surface area contributed by atoms with Gasteiger partial charge in [-0.3, -0.25) is 0 Å². The summed E-state index contributed by atoms with van der Waals surface area (Å²) in [5.41, 5.74) is 6.79. The maximum Gasteiger partial charge on any atom is 0.136 e. The second-order valence-corrected chi connectivity index (χ2v) is 6.02. The van der Waals surface area contributed by atoms with E-state index in [2.05, 4.69) is 36.5 Å². The Hall–Kier alpha value is -1.74. The maximum atomic E-state index is 4.95. The summed E-state index contributed by atoms with van der Waals surface area (Å²) in [5.74, 6) is 1.43. The lowest BCUT2D eigenvalue weighted by molar-refractivity contribution is 0.599. The number of nitrogens with one attached hydrogen (secondary N) is 1. The van der Waals surface area contributed by atoms with Gasteiger partial charge in [-0.05, 0) is 48.9 Å². The number of hydrogen-bond donors (Lipinski definition) is 1. The van der Waals surface area contributed by atoms with Crippen LogP contribution in [0.25, 0.3) is 0 Å². The van der Waals surface area contributed by atoms with E-state index in [1.807, 2.05) is 0 Å². The molecule has 0 radical (unpaired) electrons. The lowest BCUT2D eigenvalue weighted by Gasteiger charge is -2.21. The Morgan fingerprint density at radius 1 is 1.19 bits per heavy atom. The summed E-state index contributed by atoms with van der Waals surface area (Å²) in [5, 5.41) is 3.44. The quantitative estimate of drug-likeness (QED) is 0.918. The Morgan fingerprint density at radius 3 is 3.00 bits per heavy atom. The number of nitrogens with zero attached hydrogens (tertiary/aromatic N) is 2. The van der Waals surface area contributed by atoms with Crippen molar-refractivity contribution in [2.24, 2.45) is 0 Å². The summed E-state index contributed by atoms with van der Waals surface area (Å²) in [6.07, 6.45) is 4.38. The molecule has 2 aliphatic rings. The van der Waals surface area contributed by atoms with Gasteiger partial charge in [0.05, 0.1) is 5.69 Å². The molecule has 21 heavy (non-hydrogen) atoms. The van der Waals surface area contributed by atoms with Crippen LogP contribution in [-0.4, -0.2) is 16.5 Å². The molecule has 0 amide bonds. The highest BCUT2D eigenvalue weighted by Gasteiger charge is 2.27. The Morgan fingerprint density at radius 2 is 2.10 bits per heavy atom. The summed E-state index contributed by atoms with van der Waals surface area (Å²) in [6.45, 7) is 4.15. The van der Waals surface area contributed by atoms with Gasteiger partial charge in [0.1, 0.15) is 5.82 Å². The van der Waals surface area contributed by atoms with Gasteiger partial charge in [-0.25, -0.2) is 9.97 Å². The Bertz CT molecular complexity index is 661. The fourth-order valence-electron chi connectivity index (χ4n) is 3.73. The summed E-state index contributed by atoms with van der Waals surface area (Å²) in [4.78, 5) is 9.88. The van der Waals surface area contributed by atoms with Crippen molar-refractivity contribution in [2.45, 2.75) is 45.1 Å². The second-order valence-electron chi connectivity index (χ2n) is 6.02. The standard InChI is InChI=1S/C18H21N3/c1-2-16-15-9-10-19-11-17(15)21-18(20-16)14-8-7-12-5-3-4-6-13(12)14/h3-6,14,19H,2,7-11H2,1H3. The molecule has 4 rings (SSSR count). The number of aromatic nitrogens is 2. The van der Waals surface area contributed by atoms with Crippen LogP contribution in [-0.2, 0) is 25.8 Å². The molecule has 3 nitrogen and oxygen atoms in total. The number of hydrogen-bond acceptors (Lipinski definition) is 3. The minimum absolute atomic E-state index is 0.388. The minimum Gasteiger partial charge on any atom is -0.311 e. The summed E-state index contributed by atoms with van der Waals surface area (Å²) < 4.78 is 0. The molecule has 1 aromatic carbocycles. The van der Waals surface area contributed by atoms with Gasteiger partial charge in [-0.2, -0.15) is 0 Å². The van der Waals surface area contributed by atoms with Crippen molar-refractivity contribution in [3.05, 3.63) is 58.2 Å². The van der Waals surface area contributed by atoms with Crippen LogP contribution in [0, 0.1) is 0 Å². The van der Waals surface area contributed by atoms with E-state index in [0.717, 1.165) is 44.6 Å². The summed E-state index contributed by atoms with van der Waals surface area (Å²) >= 11 is 0. The predicted molar refractivity (Wildman–Crippen MR) is 83.4 cm³/mol. The first-order valence-electron chi connectivity index (χ1n) is 8.04. The van der Waals surface area contributed by atoms with Crippen molar-refractivity contribution >= 4 is 0 Å². The normalized spacial score (nSPS) is 20.1. The highest BCUT2D eigenvalue weighted by molar-refractivity contribution is 5.40. The van der Waals surface area contributed by atoms with Crippen molar-refractivity contribution in [1.29, 1.82) is 0 Å². The van der Waals surface area contributed by atoms with Crippen molar-refractivity contribution in [2.75, 3.05) is 6.54 Å². The van der Waals surface area contributed by atoms with Gasteiger partial charge >= 0.3 is 0 Å². The van der Waals surface area contributed by atoms with Gasteiger partial charge in [0.15, 0.2) is 0 Å². The van der Waals surface area contributed by atoms with E-state index in [1.165, 1.54) is 28.1 Å². The number of benzene rings is 1. The van der Waals surface area contributed by atoms with Crippen LogP contribution in [0.4, 0.5) is 0 Å². The monoisotopic (exact) mass is 279 g/mol. The molecular weight excluding hydrogens is 258 g/mol. The maximum absolute atomic E-state index is 4.95. The van der Waals surface area contributed by atoms with Crippen LogP contribution >= 0.6 is 0 Å². The molecule has 0 bridgehead atoms. The minimum atomic E-state index is 0.388. The first kappa shape index (κ1) is 13.0. The average Bonchev–Trinajstić information content (AvgIpc) is 2.98. The molecule has 2 aromatic rings. The van der Waals surface area contributed by atoms with Crippen molar-refractivity contribution < 1.29 is 0 Å². The number of aryl methyl sites for hydroxylation is 2. The van der Waals surface area contributed by atoms with Gasteiger partial charge in [0, 0.05) is 18.2 Å². The zero-order valence-corrected chi connectivity index (χ0v) is 12.5. The van der Waals surface area contributed by atoms with E-state index >= 15 is 0 Å². The SMILES string of the molecule is CCc1nc(C2CCc3ccccc32)nc2c1CCNC2. The zero-order valence-electron chi connectivity index (χ0n) is 12.5. The smallest absolute Gasteiger partial charge is 0.136 e. The van der Waals surface area contributed by atoms with Crippen molar-refractivity contribution in [3.8, 4) is 0 Å². The van der Waals surface area contributed by atoms with Gasteiger partial charge in [0.2, 0.25) is 0 Å². The fourth-order valence-corrected chi connectivity index (χ4v) is 3.73. The molecule has 1 unspecified atom stereocenters. The van der Waals surface area contributed by atoms with Crippen LogP contribution < -0.4 is 5.32 Å². The lowest BCUT2D eigenvalue weighted by Crippen LogP contribution is -2.27. The molecule has 1 aliphatic heterocycles. The topological polar surface area (TPSA) is 37.8 Å². The summed E-state index contributed by atoms with van der Waals surface area (Å²) in [6, 6.07) is 8.77. The first-order chi connectivity index (χ1) is 10.4.